The van der Waals surface area contributed by atoms with Gasteiger partial charge in [0.2, 0.25) is 0 Å². The first-order chi connectivity index (χ1) is 12.3. The van der Waals surface area contributed by atoms with Crippen LogP contribution in [-0.4, -0.2) is 48.2 Å². The van der Waals surface area contributed by atoms with E-state index in [1.165, 1.54) is 16.4 Å². The number of hydrogen-bond donors (Lipinski definition) is 1. The Kier molecular flexibility index (Phi) is 4.90. The third-order valence-corrected chi connectivity index (χ3v) is 4.96. The molecule has 2 aromatic heterocycles. The Morgan fingerprint density at radius 2 is 2.19 bits per heavy atom. The lowest BCUT2D eigenvalue weighted by molar-refractivity contribution is 0.0405. The summed E-state index contributed by atoms with van der Waals surface area (Å²) in [6, 6.07) is -0.325. The Morgan fingerprint density at radius 3 is 2.81 bits per heavy atom. The fraction of sp³-hybridized carbons (Fsp3) is 0.444. The molecule has 0 saturated heterocycles. The maximum atomic E-state index is 12.8. The minimum absolute atomic E-state index is 0.0801. The maximum absolute atomic E-state index is 12.8. The van der Waals surface area contributed by atoms with Gasteiger partial charge >= 0.3 is 0 Å². The quantitative estimate of drug-likeness (QED) is 0.504. The second-order valence-electron chi connectivity index (χ2n) is 6.89. The van der Waals surface area contributed by atoms with Crippen molar-refractivity contribution in [1.29, 1.82) is 0 Å². The van der Waals surface area contributed by atoms with Crippen molar-refractivity contribution in [2.45, 2.75) is 44.1 Å². The summed E-state index contributed by atoms with van der Waals surface area (Å²) in [6.07, 6.45) is 8.95. The monoisotopic (exact) mass is 373 g/mol. The van der Waals surface area contributed by atoms with Crippen LogP contribution in [0.5, 0.6) is 0 Å². The van der Waals surface area contributed by atoms with Gasteiger partial charge in [-0.25, -0.2) is 19.3 Å². The Bertz CT molecular complexity index is 964. The SMILES string of the molecule is C=CCn1c(=O)c2cnc(SC)nc2n1C1=NC(C(C)(C)O)C(C)C=C1. The molecular weight excluding hydrogens is 350 g/mol. The number of dihydropyridines is 1. The first-order valence-corrected chi connectivity index (χ1v) is 9.62. The lowest BCUT2D eigenvalue weighted by atomic mass is 9.87. The second kappa shape index (κ2) is 6.85. The highest BCUT2D eigenvalue weighted by atomic mass is 32.2. The smallest absolute Gasteiger partial charge is 0.278 e. The van der Waals surface area contributed by atoms with Gasteiger partial charge in [0, 0.05) is 6.20 Å². The van der Waals surface area contributed by atoms with Crippen LogP contribution in [0.1, 0.15) is 20.8 Å². The minimum atomic E-state index is -0.985. The zero-order valence-corrected chi connectivity index (χ0v) is 16.2. The number of aromatic nitrogens is 4. The van der Waals surface area contributed by atoms with E-state index in [1.54, 1.807) is 30.8 Å². The van der Waals surface area contributed by atoms with Crippen LogP contribution in [0, 0.1) is 5.92 Å². The van der Waals surface area contributed by atoms with Crippen molar-refractivity contribution in [2.75, 3.05) is 6.26 Å². The highest BCUT2D eigenvalue weighted by molar-refractivity contribution is 7.98. The van der Waals surface area contributed by atoms with Gasteiger partial charge in [-0.1, -0.05) is 30.8 Å². The summed E-state index contributed by atoms with van der Waals surface area (Å²) >= 11 is 1.41. The summed E-state index contributed by atoms with van der Waals surface area (Å²) in [5.74, 6) is 0.645. The number of aliphatic hydroxyl groups is 1. The van der Waals surface area contributed by atoms with Crippen LogP contribution in [0.15, 0.2) is 45.9 Å². The Hall–Kier alpha value is -2.19. The van der Waals surface area contributed by atoms with Crippen LogP contribution >= 0.6 is 11.8 Å². The molecule has 1 aliphatic heterocycles. The minimum Gasteiger partial charge on any atom is -0.388 e. The number of fused-ring (bicyclic) bond motifs is 1. The maximum Gasteiger partial charge on any atom is 0.278 e. The van der Waals surface area contributed by atoms with E-state index in [-0.39, 0.29) is 17.5 Å². The van der Waals surface area contributed by atoms with Gasteiger partial charge in [-0.15, -0.1) is 6.58 Å². The fourth-order valence-corrected chi connectivity index (χ4v) is 3.54. The third kappa shape index (κ3) is 3.14. The van der Waals surface area contributed by atoms with Gasteiger partial charge in [0.15, 0.2) is 10.8 Å². The average Bonchev–Trinajstić information content (AvgIpc) is 2.86. The van der Waals surface area contributed by atoms with E-state index < -0.39 is 5.60 Å². The summed E-state index contributed by atoms with van der Waals surface area (Å²) < 4.78 is 3.24. The highest BCUT2D eigenvalue weighted by Gasteiger charge is 2.33. The molecule has 2 atom stereocenters. The van der Waals surface area contributed by atoms with Gasteiger partial charge < -0.3 is 5.11 Å². The van der Waals surface area contributed by atoms with Crippen LogP contribution in [0.3, 0.4) is 0 Å². The van der Waals surface area contributed by atoms with E-state index in [9.17, 15) is 9.90 Å². The molecule has 0 spiro atoms. The number of allylic oxidation sites excluding steroid dienone is 2. The molecule has 7 nitrogen and oxygen atoms in total. The number of thioether (sulfide) groups is 1. The fourth-order valence-electron chi connectivity index (χ4n) is 3.20. The molecular formula is C18H23N5O2S. The lowest BCUT2D eigenvalue weighted by Gasteiger charge is -2.32. The Morgan fingerprint density at radius 1 is 1.46 bits per heavy atom. The molecule has 0 amide bonds. The summed E-state index contributed by atoms with van der Waals surface area (Å²) in [6.45, 7) is 9.56. The van der Waals surface area contributed by atoms with Gasteiger partial charge in [-0.2, -0.15) is 0 Å². The number of nitrogens with zero attached hydrogens (tertiary/aromatic N) is 5. The van der Waals surface area contributed by atoms with Crippen LogP contribution < -0.4 is 5.56 Å². The number of rotatable bonds is 4. The van der Waals surface area contributed by atoms with E-state index in [0.717, 1.165) is 0 Å². The molecule has 0 saturated carbocycles. The zero-order chi connectivity index (χ0) is 19.1. The topological polar surface area (TPSA) is 85.3 Å². The van der Waals surface area contributed by atoms with Crippen molar-refractivity contribution in [3.63, 3.8) is 0 Å². The first-order valence-electron chi connectivity index (χ1n) is 8.40. The van der Waals surface area contributed by atoms with E-state index >= 15 is 0 Å². The summed E-state index contributed by atoms with van der Waals surface area (Å²) in [5.41, 5.74) is -0.674. The van der Waals surface area contributed by atoms with Crippen LogP contribution in [-0.2, 0) is 6.54 Å². The van der Waals surface area contributed by atoms with E-state index in [2.05, 4.69) is 16.5 Å². The molecule has 0 aromatic carbocycles. The molecule has 26 heavy (non-hydrogen) atoms. The molecule has 3 rings (SSSR count). The number of aliphatic imine (C=N–C) groups is 1. The molecule has 3 heterocycles. The van der Waals surface area contributed by atoms with E-state index in [0.29, 0.717) is 28.6 Å². The van der Waals surface area contributed by atoms with E-state index in [4.69, 9.17) is 4.99 Å². The van der Waals surface area contributed by atoms with Crippen LogP contribution in [0.25, 0.3) is 11.0 Å². The van der Waals surface area contributed by atoms with Crippen molar-refractivity contribution in [1.82, 2.24) is 19.3 Å². The molecule has 2 unspecified atom stereocenters. The zero-order valence-electron chi connectivity index (χ0n) is 15.4. The summed E-state index contributed by atoms with van der Waals surface area (Å²) in [5, 5.41) is 11.5. The van der Waals surface area contributed by atoms with Gasteiger partial charge in [0.1, 0.15) is 11.2 Å². The average molecular weight is 373 g/mol. The molecule has 0 fully saturated rings. The predicted octanol–water partition coefficient (Wildman–Crippen LogP) is 2.09. The molecule has 0 bridgehead atoms. The van der Waals surface area contributed by atoms with Crippen molar-refractivity contribution in [2.24, 2.45) is 10.9 Å². The predicted molar refractivity (Wildman–Crippen MR) is 105 cm³/mol. The standard InChI is InChI=1S/C18H23N5O2S/c1-6-9-22-16(24)12-10-19-17(26-5)21-15(12)23(22)13-8-7-11(2)14(20-13)18(3,4)25/h6-8,10-11,14,25H,1,9H2,2-5H3. The van der Waals surface area contributed by atoms with Crippen LogP contribution in [0.2, 0.25) is 0 Å². The second-order valence-corrected chi connectivity index (χ2v) is 7.66. The van der Waals surface area contributed by atoms with Crippen molar-refractivity contribution in [3.8, 4) is 0 Å². The number of hydrogen-bond acceptors (Lipinski definition) is 6. The normalized spacial score (nSPS) is 20.4. The van der Waals surface area contributed by atoms with E-state index in [1.807, 2.05) is 25.3 Å². The van der Waals surface area contributed by atoms with Gasteiger partial charge in [0.05, 0.1) is 18.2 Å². The molecule has 1 aliphatic rings. The van der Waals surface area contributed by atoms with Gasteiger partial charge in [-0.3, -0.25) is 9.79 Å². The molecule has 138 valence electrons. The molecule has 0 radical (unpaired) electrons. The van der Waals surface area contributed by atoms with Crippen molar-refractivity contribution < 1.29 is 5.11 Å². The van der Waals surface area contributed by atoms with Crippen LogP contribution in [0.4, 0.5) is 0 Å². The first kappa shape index (κ1) is 18.6. The van der Waals surface area contributed by atoms with Crippen molar-refractivity contribution >= 4 is 28.6 Å². The lowest BCUT2D eigenvalue weighted by Crippen LogP contribution is -2.42. The Balaban J connectivity index is 2.29. The Labute approximate surface area is 156 Å². The largest absolute Gasteiger partial charge is 0.388 e. The van der Waals surface area contributed by atoms with Crippen molar-refractivity contribution in [3.05, 3.63) is 41.4 Å². The molecule has 0 aliphatic carbocycles. The van der Waals surface area contributed by atoms with Gasteiger partial charge in [-0.05, 0) is 32.1 Å². The van der Waals surface area contributed by atoms with Gasteiger partial charge in [0.25, 0.3) is 5.56 Å². The third-order valence-electron chi connectivity index (χ3n) is 4.40. The summed E-state index contributed by atoms with van der Waals surface area (Å²) in [7, 11) is 0. The molecule has 2 aromatic rings. The molecule has 8 heteroatoms. The molecule has 1 N–H and O–H groups in total. The summed E-state index contributed by atoms with van der Waals surface area (Å²) in [4.78, 5) is 26.3. The highest BCUT2D eigenvalue weighted by Crippen LogP contribution is 2.26.